The summed E-state index contributed by atoms with van der Waals surface area (Å²) >= 11 is 0. The topological polar surface area (TPSA) is 34.6 Å². The van der Waals surface area contributed by atoms with E-state index < -0.39 is 11.7 Å². The molecule has 0 atom stereocenters. The van der Waals surface area contributed by atoms with E-state index in [4.69, 9.17) is 9.47 Å². The molecule has 2 aromatic carbocycles. The third kappa shape index (κ3) is 5.15. The van der Waals surface area contributed by atoms with Crippen LogP contribution in [0.3, 0.4) is 0 Å². The third-order valence-corrected chi connectivity index (χ3v) is 5.62. The van der Waals surface area contributed by atoms with Crippen molar-refractivity contribution in [3.63, 3.8) is 0 Å². The van der Waals surface area contributed by atoms with Gasteiger partial charge in [-0.15, -0.1) is 0 Å². The summed E-state index contributed by atoms with van der Waals surface area (Å²) in [6.45, 7) is 0.439. The van der Waals surface area contributed by atoms with Gasteiger partial charge in [0.15, 0.2) is 11.5 Å². The van der Waals surface area contributed by atoms with E-state index in [0.717, 1.165) is 49.1 Å². The second-order valence-corrected chi connectivity index (χ2v) is 7.85. The first kappa shape index (κ1) is 22.0. The number of pyridine rings is 1. The van der Waals surface area contributed by atoms with Gasteiger partial charge >= 0.3 is 6.18 Å². The fraction of sp³-hybridized carbons (Fsp3) is 0.320. The molecule has 1 aromatic heterocycles. The number of benzene rings is 2. The first-order chi connectivity index (χ1) is 15.4. The predicted octanol–water partition coefficient (Wildman–Crippen LogP) is 6.77. The minimum atomic E-state index is -4.38. The lowest BCUT2D eigenvalue weighted by atomic mass is 10.1. The van der Waals surface area contributed by atoms with Gasteiger partial charge in [0.25, 0.3) is 0 Å². The molecule has 7 heteroatoms. The van der Waals surface area contributed by atoms with Gasteiger partial charge < -0.3 is 14.4 Å². The molecule has 4 rings (SSSR count). The number of hydrogen-bond acceptors (Lipinski definition) is 4. The van der Waals surface area contributed by atoms with E-state index in [1.54, 1.807) is 19.5 Å². The van der Waals surface area contributed by atoms with Gasteiger partial charge in [-0.05, 0) is 73.7 Å². The number of halogens is 3. The molecular formula is C25H25F3N2O2. The summed E-state index contributed by atoms with van der Waals surface area (Å²) in [5, 5.41) is 0. The Balaban J connectivity index is 1.70. The van der Waals surface area contributed by atoms with Crippen molar-refractivity contribution in [3.05, 3.63) is 78.1 Å². The number of anilines is 2. The molecule has 0 spiro atoms. The fourth-order valence-electron chi connectivity index (χ4n) is 3.95. The maximum atomic E-state index is 13.1. The number of rotatable bonds is 7. The van der Waals surface area contributed by atoms with Gasteiger partial charge in [0.2, 0.25) is 0 Å². The Morgan fingerprint density at radius 3 is 2.31 bits per heavy atom. The van der Waals surface area contributed by atoms with E-state index >= 15 is 0 Å². The van der Waals surface area contributed by atoms with E-state index in [9.17, 15) is 13.2 Å². The molecule has 0 radical (unpaired) electrons. The lowest BCUT2D eigenvalue weighted by molar-refractivity contribution is -0.137. The van der Waals surface area contributed by atoms with Crippen LogP contribution in [0.4, 0.5) is 24.5 Å². The van der Waals surface area contributed by atoms with E-state index in [-0.39, 0.29) is 6.10 Å². The van der Waals surface area contributed by atoms with Gasteiger partial charge in [0, 0.05) is 36.4 Å². The average Bonchev–Trinajstić information content (AvgIpc) is 3.31. The Labute approximate surface area is 185 Å². The van der Waals surface area contributed by atoms with Crippen LogP contribution in [0.15, 0.2) is 67.0 Å². The molecule has 1 saturated carbocycles. The molecule has 168 valence electrons. The van der Waals surface area contributed by atoms with Crippen LogP contribution in [0.1, 0.15) is 36.8 Å². The smallest absolute Gasteiger partial charge is 0.416 e. The molecular weight excluding hydrogens is 417 g/mol. The molecule has 3 aromatic rings. The highest BCUT2D eigenvalue weighted by molar-refractivity contribution is 5.67. The third-order valence-electron chi connectivity index (χ3n) is 5.62. The Bertz CT molecular complexity index is 1020. The summed E-state index contributed by atoms with van der Waals surface area (Å²) in [7, 11) is 1.60. The highest BCUT2D eigenvalue weighted by Gasteiger charge is 2.30. The van der Waals surface area contributed by atoms with Crippen LogP contribution in [0, 0.1) is 0 Å². The Morgan fingerprint density at radius 1 is 0.969 bits per heavy atom. The summed E-state index contributed by atoms with van der Waals surface area (Å²) in [4.78, 5) is 6.11. The zero-order valence-corrected chi connectivity index (χ0v) is 17.8. The number of nitrogens with zero attached hydrogens (tertiary/aromatic N) is 2. The van der Waals surface area contributed by atoms with E-state index in [0.29, 0.717) is 23.7 Å². The molecule has 0 N–H and O–H groups in total. The van der Waals surface area contributed by atoms with E-state index in [1.807, 2.05) is 35.2 Å². The molecule has 0 bridgehead atoms. The van der Waals surface area contributed by atoms with Gasteiger partial charge in [0.05, 0.1) is 18.8 Å². The largest absolute Gasteiger partial charge is 0.493 e. The van der Waals surface area contributed by atoms with Crippen LogP contribution in [-0.4, -0.2) is 18.2 Å². The summed E-state index contributed by atoms with van der Waals surface area (Å²) < 4.78 is 50.9. The van der Waals surface area contributed by atoms with Crippen molar-refractivity contribution >= 4 is 11.4 Å². The molecule has 1 aliphatic rings. The summed E-state index contributed by atoms with van der Waals surface area (Å²) in [6.07, 6.45) is 3.50. The van der Waals surface area contributed by atoms with Crippen LogP contribution >= 0.6 is 0 Å². The number of alkyl halides is 3. The van der Waals surface area contributed by atoms with Gasteiger partial charge in [-0.25, -0.2) is 0 Å². The Morgan fingerprint density at radius 2 is 1.69 bits per heavy atom. The fourth-order valence-corrected chi connectivity index (χ4v) is 3.95. The predicted molar refractivity (Wildman–Crippen MR) is 117 cm³/mol. The quantitative estimate of drug-likeness (QED) is 0.404. The molecule has 4 nitrogen and oxygen atoms in total. The maximum Gasteiger partial charge on any atom is 0.416 e. The van der Waals surface area contributed by atoms with Crippen LogP contribution in [-0.2, 0) is 12.7 Å². The second-order valence-electron chi connectivity index (χ2n) is 7.85. The van der Waals surface area contributed by atoms with Crippen molar-refractivity contribution in [1.82, 2.24) is 4.98 Å². The maximum absolute atomic E-state index is 13.1. The summed E-state index contributed by atoms with van der Waals surface area (Å²) in [5.74, 6) is 1.27. The van der Waals surface area contributed by atoms with Crippen LogP contribution in [0.25, 0.3) is 0 Å². The lowest BCUT2D eigenvalue weighted by Crippen LogP contribution is -2.18. The zero-order valence-electron chi connectivity index (χ0n) is 17.8. The van der Waals surface area contributed by atoms with Gasteiger partial charge in [-0.3, -0.25) is 4.98 Å². The molecule has 1 heterocycles. The number of ether oxygens (including phenoxy) is 2. The van der Waals surface area contributed by atoms with Crippen molar-refractivity contribution in [2.75, 3.05) is 12.0 Å². The van der Waals surface area contributed by atoms with Gasteiger partial charge in [0.1, 0.15) is 0 Å². The minimum Gasteiger partial charge on any atom is -0.493 e. The van der Waals surface area contributed by atoms with E-state index in [2.05, 4.69) is 4.98 Å². The molecule has 0 saturated heterocycles. The van der Waals surface area contributed by atoms with E-state index in [1.165, 1.54) is 12.1 Å². The summed E-state index contributed by atoms with van der Waals surface area (Å²) in [6, 6.07) is 14.6. The molecule has 1 fully saturated rings. The molecule has 0 aliphatic heterocycles. The lowest BCUT2D eigenvalue weighted by Gasteiger charge is -2.27. The van der Waals surface area contributed by atoms with Gasteiger partial charge in [-0.2, -0.15) is 13.2 Å². The Hall–Kier alpha value is -3.22. The number of hydrogen-bond donors (Lipinski definition) is 0. The van der Waals surface area contributed by atoms with Crippen molar-refractivity contribution in [2.24, 2.45) is 0 Å². The first-order valence-corrected chi connectivity index (χ1v) is 10.6. The van der Waals surface area contributed by atoms with Crippen LogP contribution in [0.2, 0.25) is 0 Å². The standard InChI is InChI=1S/C25H25F3N2O2/c1-31-23-13-12-21(15-24(23)32-22-6-2-3-7-22)30(17-18-5-4-14-29-16-18)20-10-8-19(9-11-20)25(26,27)28/h4-5,8-16,22H,2-3,6-7,17H2,1H3. The first-order valence-electron chi connectivity index (χ1n) is 10.6. The Kier molecular flexibility index (Phi) is 6.53. The minimum absolute atomic E-state index is 0.150. The number of aromatic nitrogens is 1. The van der Waals surface area contributed by atoms with Crippen molar-refractivity contribution in [3.8, 4) is 11.5 Å². The SMILES string of the molecule is COc1ccc(N(Cc2cccnc2)c2ccc(C(F)(F)F)cc2)cc1OC1CCCC1. The second kappa shape index (κ2) is 9.51. The van der Waals surface area contributed by atoms with Crippen molar-refractivity contribution in [2.45, 2.75) is 44.5 Å². The van der Waals surface area contributed by atoms with Crippen LogP contribution < -0.4 is 14.4 Å². The monoisotopic (exact) mass is 442 g/mol. The molecule has 0 unspecified atom stereocenters. The number of methoxy groups -OCH3 is 1. The van der Waals surface area contributed by atoms with Crippen LogP contribution in [0.5, 0.6) is 11.5 Å². The zero-order chi connectivity index (χ0) is 22.6. The average molecular weight is 442 g/mol. The highest BCUT2D eigenvalue weighted by Crippen LogP contribution is 2.38. The molecule has 32 heavy (non-hydrogen) atoms. The highest BCUT2D eigenvalue weighted by atomic mass is 19.4. The molecule has 0 amide bonds. The summed E-state index contributed by atoms with van der Waals surface area (Å²) in [5.41, 5.74) is 1.69. The van der Waals surface area contributed by atoms with Gasteiger partial charge in [-0.1, -0.05) is 6.07 Å². The molecule has 1 aliphatic carbocycles. The van der Waals surface area contributed by atoms with Crippen molar-refractivity contribution in [1.29, 1.82) is 0 Å². The normalized spacial score (nSPS) is 14.4. The van der Waals surface area contributed by atoms with Crippen molar-refractivity contribution < 1.29 is 22.6 Å².